The minimum atomic E-state index is -0.474. The van der Waals surface area contributed by atoms with Gasteiger partial charge in [0.1, 0.15) is 11.4 Å². The van der Waals surface area contributed by atoms with Crippen LogP contribution >= 0.6 is 0 Å². The highest BCUT2D eigenvalue weighted by molar-refractivity contribution is 5.94. The first kappa shape index (κ1) is 20.1. The lowest BCUT2D eigenvalue weighted by atomic mass is 10.1. The van der Waals surface area contributed by atoms with Crippen LogP contribution in [0.2, 0.25) is 0 Å². The topological polar surface area (TPSA) is 99.3 Å². The van der Waals surface area contributed by atoms with E-state index in [1.165, 1.54) is 16.8 Å². The van der Waals surface area contributed by atoms with E-state index in [9.17, 15) is 14.9 Å². The second-order valence-electron chi connectivity index (χ2n) is 6.44. The second kappa shape index (κ2) is 9.01. The molecular formula is C21H22N4O4. The molecule has 0 aliphatic heterocycles. The van der Waals surface area contributed by atoms with Gasteiger partial charge in [0.2, 0.25) is 0 Å². The normalized spacial score (nSPS) is 10.6. The maximum Gasteiger partial charge on any atom is 0.271 e. The van der Waals surface area contributed by atoms with E-state index in [1.54, 1.807) is 25.3 Å². The Bertz CT molecular complexity index is 1010. The van der Waals surface area contributed by atoms with Gasteiger partial charge in [0.05, 0.1) is 23.4 Å². The zero-order valence-corrected chi connectivity index (χ0v) is 16.3. The fraction of sp³-hybridized carbons (Fsp3) is 0.238. The van der Waals surface area contributed by atoms with Crippen LogP contribution in [0.5, 0.6) is 5.75 Å². The van der Waals surface area contributed by atoms with Crippen molar-refractivity contribution in [3.8, 4) is 22.7 Å². The van der Waals surface area contributed by atoms with Gasteiger partial charge in [-0.25, -0.2) is 4.68 Å². The SMILES string of the molecule is CCCCNC(=O)c1cc(-c2ccc(OC)cc2)nn1-c1cccc([N+](=O)[O-])c1. The number of aromatic nitrogens is 2. The number of benzene rings is 2. The van der Waals surface area contributed by atoms with Crippen LogP contribution in [0, 0.1) is 10.1 Å². The lowest BCUT2D eigenvalue weighted by Gasteiger charge is -2.08. The van der Waals surface area contributed by atoms with Crippen LogP contribution in [0.1, 0.15) is 30.3 Å². The van der Waals surface area contributed by atoms with Crippen molar-refractivity contribution >= 4 is 11.6 Å². The van der Waals surface area contributed by atoms with E-state index < -0.39 is 4.92 Å². The summed E-state index contributed by atoms with van der Waals surface area (Å²) in [6.45, 7) is 2.59. The predicted molar refractivity (Wildman–Crippen MR) is 109 cm³/mol. The predicted octanol–water partition coefficient (Wildman–Crippen LogP) is 3.99. The van der Waals surface area contributed by atoms with E-state index in [0.717, 1.165) is 18.4 Å². The molecule has 0 atom stereocenters. The molecule has 0 spiro atoms. The average Bonchev–Trinajstić information content (AvgIpc) is 3.19. The summed E-state index contributed by atoms with van der Waals surface area (Å²) in [4.78, 5) is 23.4. The maximum atomic E-state index is 12.8. The average molecular weight is 394 g/mol. The van der Waals surface area contributed by atoms with Crippen LogP contribution < -0.4 is 10.1 Å². The number of unbranched alkanes of at least 4 members (excludes halogenated alkanes) is 1. The summed E-state index contributed by atoms with van der Waals surface area (Å²) < 4.78 is 6.62. The van der Waals surface area contributed by atoms with Crippen molar-refractivity contribution in [2.45, 2.75) is 19.8 Å². The molecular weight excluding hydrogens is 372 g/mol. The van der Waals surface area contributed by atoms with Crippen LogP contribution in [0.25, 0.3) is 16.9 Å². The van der Waals surface area contributed by atoms with E-state index in [4.69, 9.17) is 4.74 Å². The molecule has 8 heteroatoms. The third-order valence-electron chi connectivity index (χ3n) is 4.43. The highest BCUT2D eigenvalue weighted by Gasteiger charge is 2.19. The van der Waals surface area contributed by atoms with E-state index in [-0.39, 0.29) is 11.6 Å². The highest BCUT2D eigenvalue weighted by Crippen LogP contribution is 2.25. The third-order valence-corrected chi connectivity index (χ3v) is 4.43. The molecule has 3 aromatic rings. The minimum Gasteiger partial charge on any atom is -0.497 e. The van der Waals surface area contributed by atoms with Crippen LogP contribution in [0.15, 0.2) is 54.6 Å². The largest absolute Gasteiger partial charge is 0.497 e. The fourth-order valence-corrected chi connectivity index (χ4v) is 2.85. The van der Waals surface area contributed by atoms with Gasteiger partial charge in [-0.3, -0.25) is 14.9 Å². The molecule has 1 aromatic heterocycles. The molecule has 150 valence electrons. The summed E-state index contributed by atoms with van der Waals surface area (Å²) in [5.74, 6) is 0.432. The molecule has 2 aromatic carbocycles. The summed E-state index contributed by atoms with van der Waals surface area (Å²) in [5, 5.41) is 18.6. The Labute approximate surface area is 168 Å². The maximum absolute atomic E-state index is 12.8. The number of carbonyl (C=O) groups is 1. The van der Waals surface area contributed by atoms with Crippen molar-refractivity contribution in [2.24, 2.45) is 0 Å². The van der Waals surface area contributed by atoms with E-state index >= 15 is 0 Å². The molecule has 0 unspecified atom stereocenters. The van der Waals surface area contributed by atoms with Crippen molar-refractivity contribution in [1.82, 2.24) is 15.1 Å². The highest BCUT2D eigenvalue weighted by atomic mass is 16.6. The van der Waals surface area contributed by atoms with Gasteiger partial charge in [0.15, 0.2) is 0 Å². The van der Waals surface area contributed by atoms with Crippen molar-refractivity contribution in [1.29, 1.82) is 0 Å². The van der Waals surface area contributed by atoms with Gasteiger partial charge in [-0.05, 0) is 42.8 Å². The molecule has 1 amide bonds. The summed E-state index contributed by atoms with van der Waals surface area (Å²) in [6, 6.07) is 15.0. The molecule has 0 aliphatic rings. The number of hydrogen-bond acceptors (Lipinski definition) is 5. The third kappa shape index (κ3) is 4.60. The first-order chi connectivity index (χ1) is 14.0. The number of methoxy groups -OCH3 is 1. The molecule has 0 saturated carbocycles. The molecule has 0 bridgehead atoms. The monoisotopic (exact) mass is 394 g/mol. The number of hydrogen-bond donors (Lipinski definition) is 1. The van der Waals surface area contributed by atoms with Gasteiger partial charge >= 0.3 is 0 Å². The first-order valence-electron chi connectivity index (χ1n) is 9.31. The summed E-state index contributed by atoms with van der Waals surface area (Å²) >= 11 is 0. The first-order valence-corrected chi connectivity index (χ1v) is 9.31. The van der Waals surface area contributed by atoms with Gasteiger partial charge < -0.3 is 10.1 Å². The number of rotatable bonds is 8. The van der Waals surface area contributed by atoms with Gasteiger partial charge in [0, 0.05) is 24.2 Å². The van der Waals surface area contributed by atoms with E-state index in [0.29, 0.717) is 29.4 Å². The standard InChI is InChI=1S/C21H22N4O4/c1-3-4-12-22-21(26)20-14-19(15-8-10-18(29-2)11-9-15)23-24(20)16-6-5-7-17(13-16)25(27)28/h5-11,13-14H,3-4,12H2,1-2H3,(H,22,26). The number of nitrogens with one attached hydrogen (secondary N) is 1. The number of ether oxygens (including phenoxy) is 1. The smallest absolute Gasteiger partial charge is 0.271 e. The molecule has 0 fully saturated rings. The quantitative estimate of drug-likeness (QED) is 0.354. The van der Waals surface area contributed by atoms with E-state index in [1.807, 2.05) is 31.2 Å². The minimum absolute atomic E-state index is 0.0682. The summed E-state index contributed by atoms with van der Waals surface area (Å²) in [6.07, 6.45) is 1.82. The fourth-order valence-electron chi connectivity index (χ4n) is 2.85. The zero-order valence-electron chi connectivity index (χ0n) is 16.3. The Hall–Kier alpha value is -3.68. The Morgan fingerprint density at radius 3 is 2.62 bits per heavy atom. The molecule has 8 nitrogen and oxygen atoms in total. The number of non-ortho nitro benzene ring substituents is 1. The van der Waals surface area contributed by atoms with Gasteiger partial charge in [-0.1, -0.05) is 19.4 Å². The van der Waals surface area contributed by atoms with Gasteiger partial charge in [0.25, 0.3) is 11.6 Å². The molecule has 0 saturated heterocycles. The van der Waals surface area contributed by atoms with Crippen molar-refractivity contribution < 1.29 is 14.5 Å². The lowest BCUT2D eigenvalue weighted by Crippen LogP contribution is -2.26. The Morgan fingerprint density at radius 1 is 1.21 bits per heavy atom. The number of carbonyl (C=O) groups excluding carboxylic acids is 1. The molecule has 29 heavy (non-hydrogen) atoms. The van der Waals surface area contributed by atoms with Crippen LogP contribution in [0.3, 0.4) is 0 Å². The second-order valence-corrected chi connectivity index (χ2v) is 6.44. The van der Waals surface area contributed by atoms with Gasteiger partial charge in [-0.2, -0.15) is 5.10 Å². The molecule has 1 heterocycles. The van der Waals surface area contributed by atoms with Crippen molar-refractivity contribution in [2.75, 3.05) is 13.7 Å². The zero-order chi connectivity index (χ0) is 20.8. The Balaban J connectivity index is 2.04. The molecule has 0 aliphatic carbocycles. The van der Waals surface area contributed by atoms with Crippen molar-refractivity contribution in [3.63, 3.8) is 0 Å². The lowest BCUT2D eigenvalue weighted by molar-refractivity contribution is -0.384. The molecule has 0 radical (unpaired) electrons. The Kier molecular flexibility index (Phi) is 6.23. The van der Waals surface area contributed by atoms with Gasteiger partial charge in [-0.15, -0.1) is 0 Å². The summed E-state index contributed by atoms with van der Waals surface area (Å²) in [7, 11) is 1.59. The van der Waals surface area contributed by atoms with E-state index in [2.05, 4.69) is 10.4 Å². The van der Waals surface area contributed by atoms with Crippen LogP contribution in [0.4, 0.5) is 5.69 Å². The number of nitrogens with zero attached hydrogens (tertiary/aromatic N) is 3. The van der Waals surface area contributed by atoms with Crippen LogP contribution in [-0.4, -0.2) is 34.3 Å². The van der Waals surface area contributed by atoms with Crippen LogP contribution in [-0.2, 0) is 0 Å². The van der Waals surface area contributed by atoms with Crippen molar-refractivity contribution in [3.05, 3.63) is 70.4 Å². The molecule has 3 rings (SSSR count). The number of nitro groups is 1. The number of amides is 1. The number of nitro benzene ring substituents is 1. The Morgan fingerprint density at radius 2 is 1.97 bits per heavy atom. The summed E-state index contributed by atoms with van der Waals surface area (Å²) in [5.41, 5.74) is 2.07. The molecule has 1 N–H and O–H groups in total.